The molecule has 6 heteroatoms. The molecule has 0 fully saturated rings. The SMILES string of the molecule is COc1ccc(-n2ccc(CNC(=O)c3cc(C)nc4ccc(C)cc34)n2)cc1. The van der Waals surface area contributed by atoms with Crippen molar-refractivity contribution in [2.24, 2.45) is 0 Å². The van der Waals surface area contributed by atoms with Gasteiger partial charge in [-0.05, 0) is 62.4 Å². The largest absolute Gasteiger partial charge is 0.497 e. The molecule has 4 aromatic rings. The molecular weight excluding hydrogens is 364 g/mol. The van der Waals surface area contributed by atoms with Crippen molar-refractivity contribution in [2.75, 3.05) is 7.11 Å². The third kappa shape index (κ3) is 3.96. The standard InChI is InChI=1S/C23H22N4O2/c1-15-4-9-22-20(12-15)21(13-16(2)25-22)23(28)24-14-17-10-11-27(26-17)18-5-7-19(29-3)8-6-18/h4-13H,14H2,1-3H3,(H,24,28). The van der Waals surface area contributed by atoms with E-state index < -0.39 is 0 Å². The predicted molar refractivity (Wildman–Crippen MR) is 113 cm³/mol. The van der Waals surface area contributed by atoms with Crippen molar-refractivity contribution in [1.82, 2.24) is 20.1 Å². The van der Waals surface area contributed by atoms with E-state index in [1.165, 1.54) is 0 Å². The highest BCUT2D eigenvalue weighted by atomic mass is 16.5. The highest BCUT2D eigenvalue weighted by Crippen LogP contribution is 2.20. The molecule has 0 saturated heterocycles. The lowest BCUT2D eigenvalue weighted by Crippen LogP contribution is -2.23. The second kappa shape index (κ2) is 7.75. The van der Waals surface area contributed by atoms with Crippen LogP contribution in [-0.4, -0.2) is 27.8 Å². The Bertz CT molecular complexity index is 1180. The summed E-state index contributed by atoms with van der Waals surface area (Å²) in [5.74, 6) is 0.661. The lowest BCUT2D eigenvalue weighted by Gasteiger charge is -2.09. The first-order valence-corrected chi connectivity index (χ1v) is 9.38. The Balaban J connectivity index is 1.51. The fourth-order valence-electron chi connectivity index (χ4n) is 3.26. The lowest BCUT2D eigenvalue weighted by atomic mass is 10.0. The molecule has 0 aliphatic heterocycles. The zero-order valence-electron chi connectivity index (χ0n) is 16.6. The van der Waals surface area contributed by atoms with Crippen LogP contribution in [0.25, 0.3) is 16.6 Å². The second-order valence-corrected chi connectivity index (χ2v) is 6.96. The molecule has 0 saturated carbocycles. The molecule has 146 valence electrons. The Morgan fingerprint density at radius 2 is 1.86 bits per heavy atom. The lowest BCUT2D eigenvalue weighted by molar-refractivity contribution is 0.0952. The predicted octanol–water partition coefficient (Wildman–Crippen LogP) is 3.98. The van der Waals surface area contributed by atoms with Gasteiger partial charge < -0.3 is 10.1 Å². The van der Waals surface area contributed by atoms with Crippen LogP contribution in [0.15, 0.2) is 60.8 Å². The van der Waals surface area contributed by atoms with Gasteiger partial charge in [0, 0.05) is 17.3 Å². The molecule has 2 aromatic carbocycles. The number of hydrogen-bond donors (Lipinski definition) is 1. The van der Waals surface area contributed by atoms with Crippen molar-refractivity contribution in [2.45, 2.75) is 20.4 Å². The number of carbonyl (C=O) groups excluding carboxylic acids is 1. The molecule has 0 atom stereocenters. The maximum atomic E-state index is 12.9. The summed E-state index contributed by atoms with van der Waals surface area (Å²) in [4.78, 5) is 17.4. The Hall–Kier alpha value is -3.67. The van der Waals surface area contributed by atoms with Crippen molar-refractivity contribution in [3.05, 3.63) is 83.3 Å². The van der Waals surface area contributed by atoms with E-state index in [4.69, 9.17) is 4.74 Å². The first-order valence-electron chi connectivity index (χ1n) is 9.38. The quantitative estimate of drug-likeness (QED) is 0.563. The average molecular weight is 386 g/mol. The van der Waals surface area contributed by atoms with Crippen molar-refractivity contribution in [1.29, 1.82) is 0 Å². The summed E-state index contributed by atoms with van der Waals surface area (Å²) in [7, 11) is 1.64. The Labute approximate surface area is 169 Å². The number of benzene rings is 2. The summed E-state index contributed by atoms with van der Waals surface area (Å²) in [6, 6.07) is 17.3. The summed E-state index contributed by atoms with van der Waals surface area (Å²) in [6.45, 7) is 4.25. The van der Waals surface area contributed by atoms with Crippen LogP contribution >= 0.6 is 0 Å². The van der Waals surface area contributed by atoms with Gasteiger partial charge >= 0.3 is 0 Å². The van der Waals surface area contributed by atoms with Crippen LogP contribution in [0.1, 0.15) is 27.3 Å². The number of nitrogens with one attached hydrogen (secondary N) is 1. The molecule has 4 rings (SSSR count). The van der Waals surface area contributed by atoms with Gasteiger partial charge in [0.2, 0.25) is 0 Å². The third-order valence-corrected chi connectivity index (χ3v) is 4.75. The monoisotopic (exact) mass is 386 g/mol. The Morgan fingerprint density at radius 3 is 2.62 bits per heavy atom. The highest BCUT2D eigenvalue weighted by molar-refractivity contribution is 6.06. The zero-order valence-corrected chi connectivity index (χ0v) is 16.6. The summed E-state index contributed by atoms with van der Waals surface area (Å²) in [5.41, 5.74) is 5.07. The van der Waals surface area contributed by atoms with E-state index in [1.807, 2.05) is 74.6 Å². The molecule has 0 bridgehead atoms. The molecule has 0 unspecified atom stereocenters. The molecule has 29 heavy (non-hydrogen) atoms. The number of fused-ring (bicyclic) bond motifs is 1. The molecule has 0 spiro atoms. The molecule has 6 nitrogen and oxygen atoms in total. The van der Waals surface area contributed by atoms with Crippen LogP contribution in [0.2, 0.25) is 0 Å². The minimum absolute atomic E-state index is 0.134. The average Bonchev–Trinajstić information content (AvgIpc) is 3.21. The number of nitrogens with zero attached hydrogens (tertiary/aromatic N) is 3. The first kappa shape index (κ1) is 18.7. The summed E-state index contributed by atoms with van der Waals surface area (Å²) in [6.07, 6.45) is 1.87. The van der Waals surface area contributed by atoms with Crippen LogP contribution in [0, 0.1) is 13.8 Å². The molecule has 2 aromatic heterocycles. The minimum Gasteiger partial charge on any atom is -0.497 e. The van der Waals surface area contributed by atoms with Gasteiger partial charge in [-0.3, -0.25) is 9.78 Å². The van der Waals surface area contributed by atoms with E-state index >= 15 is 0 Å². The third-order valence-electron chi connectivity index (χ3n) is 4.75. The number of pyridine rings is 1. The number of carbonyl (C=O) groups is 1. The maximum absolute atomic E-state index is 12.9. The molecule has 0 aliphatic rings. The number of methoxy groups -OCH3 is 1. The number of ether oxygens (including phenoxy) is 1. The zero-order chi connectivity index (χ0) is 20.4. The van der Waals surface area contributed by atoms with Gasteiger partial charge in [-0.25, -0.2) is 4.68 Å². The minimum atomic E-state index is -0.134. The Morgan fingerprint density at radius 1 is 1.07 bits per heavy atom. The van der Waals surface area contributed by atoms with Crippen LogP contribution < -0.4 is 10.1 Å². The fraction of sp³-hybridized carbons (Fsp3) is 0.174. The molecule has 2 heterocycles. The van der Waals surface area contributed by atoms with Crippen molar-refractivity contribution >= 4 is 16.8 Å². The Kier molecular flexibility index (Phi) is 4.99. The fourth-order valence-corrected chi connectivity index (χ4v) is 3.26. The van der Waals surface area contributed by atoms with Gasteiger partial charge in [0.05, 0.1) is 36.1 Å². The van der Waals surface area contributed by atoms with Crippen molar-refractivity contribution in [3.8, 4) is 11.4 Å². The molecule has 1 amide bonds. The normalized spacial score (nSPS) is 10.9. The van der Waals surface area contributed by atoms with Gasteiger partial charge in [-0.1, -0.05) is 11.6 Å². The molecule has 1 N–H and O–H groups in total. The number of aromatic nitrogens is 3. The maximum Gasteiger partial charge on any atom is 0.252 e. The van der Waals surface area contributed by atoms with E-state index in [0.717, 1.165) is 39.3 Å². The van der Waals surface area contributed by atoms with Gasteiger partial charge in [0.15, 0.2) is 0 Å². The number of hydrogen-bond acceptors (Lipinski definition) is 4. The first-order chi connectivity index (χ1) is 14.0. The second-order valence-electron chi connectivity index (χ2n) is 6.96. The van der Waals surface area contributed by atoms with Gasteiger partial charge in [-0.15, -0.1) is 0 Å². The van der Waals surface area contributed by atoms with Gasteiger partial charge in [0.1, 0.15) is 5.75 Å². The van der Waals surface area contributed by atoms with E-state index in [-0.39, 0.29) is 5.91 Å². The van der Waals surface area contributed by atoms with Crippen LogP contribution in [0.4, 0.5) is 0 Å². The molecule has 0 aliphatic carbocycles. The smallest absolute Gasteiger partial charge is 0.252 e. The van der Waals surface area contributed by atoms with Gasteiger partial charge in [0.25, 0.3) is 5.91 Å². The van der Waals surface area contributed by atoms with Gasteiger partial charge in [-0.2, -0.15) is 5.10 Å². The number of aryl methyl sites for hydroxylation is 2. The molecular formula is C23H22N4O2. The van der Waals surface area contributed by atoms with Crippen molar-refractivity contribution < 1.29 is 9.53 Å². The van der Waals surface area contributed by atoms with E-state index in [2.05, 4.69) is 15.4 Å². The summed E-state index contributed by atoms with van der Waals surface area (Å²) < 4.78 is 6.96. The van der Waals surface area contributed by atoms with Crippen LogP contribution in [0.5, 0.6) is 5.75 Å². The topological polar surface area (TPSA) is 69.0 Å². The van der Waals surface area contributed by atoms with Crippen LogP contribution in [-0.2, 0) is 6.54 Å². The number of amides is 1. The highest BCUT2D eigenvalue weighted by Gasteiger charge is 2.13. The van der Waals surface area contributed by atoms with E-state index in [1.54, 1.807) is 11.8 Å². The molecule has 0 radical (unpaired) electrons. The van der Waals surface area contributed by atoms with Crippen molar-refractivity contribution in [3.63, 3.8) is 0 Å². The number of rotatable bonds is 5. The van der Waals surface area contributed by atoms with E-state index in [0.29, 0.717) is 12.1 Å². The summed E-state index contributed by atoms with van der Waals surface area (Å²) >= 11 is 0. The summed E-state index contributed by atoms with van der Waals surface area (Å²) in [5, 5.41) is 8.38. The van der Waals surface area contributed by atoms with Crippen LogP contribution in [0.3, 0.4) is 0 Å². The van der Waals surface area contributed by atoms with E-state index in [9.17, 15) is 4.79 Å².